The van der Waals surface area contributed by atoms with Gasteiger partial charge in [-0.2, -0.15) is 0 Å². The van der Waals surface area contributed by atoms with Crippen LogP contribution in [0.2, 0.25) is 0 Å². The quantitative estimate of drug-likeness (QED) is 0.875. The second-order valence-corrected chi connectivity index (χ2v) is 5.91. The molecule has 2 aromatic carbocycles. The van der Waals surface area contributed by atoms with Crippen LogP contribution in [0.4, 0.5) is 5.69 Å². The van der Waals surface area contributed by atoms with Crippen LogP contribution in [0.5, 0.6) is 17.2 Å². The Bertz CT molecular complexity index is 700. The largest absolute Gasteiger partial charge is 0.507 e. The molecule has 2 aromatic rings. The molecule has 2 N–H and O–H groups in total. The smallest absolute Gasteiger partial charge is 0.231 e. The van der Waals surface area contributed by atoms with Gasteiger partial charge in [-0.15, -0.1) is 0 Å². The Morgan fingerprint density at radius 2 is 1.90 bits per heavy atom. The Morgan fingerprint density at radius 3 is 2.67 bits per heavy atom. The molecule has 0 bridgehead atoms. The van der Waals surface area contributed by atoms with Crippen LogP contribution >= 0.6 is 15.9 Å². The Morgan fingerprint density at radius 1 is 1.19 bits per heavy atom. The van der Waals surface area contributed by atoms with Crippen LogP contribution in [-0.2, 0) is 6.54 Å². The van der Waals surface area contributed by atoms with Crippen molar-refractivity contribution in [1.29, 1.82) is 0 Å². The molecule has 0 aromatic heterocycles. The van der Waals surface area contributed by atoms with Crippen LogP contribution in [0.3, 0.4) is 0 Å². The molecule has 0 radical (unpaired) electrons. The minimum atomic E-state index is 0.267. The highest BCUT2D eigenvalue weighted by Gasteiger charge is 2.16. The fourth-order valence-electron chi connectivity index (χ4n) is 2.31. The number of aryl methyl sites for hydroxylation is 1. The van der Waals surface area contributed by atoms with E-state index in [1.54, 1.807) is 0 Å². The molecule has 0 amide bonds. The van der Waals surface area contributed by atoms with Crippen LogP contribution in [0.1, 0.15) is 16.7 Å². The van der Waals surface area contributed by atoms with E-state index in [1.165, 1.54) is 0 Å². The van der Waals surface area contributed by atoms with Crippen molar-refractivity contribution in [2.24, 2.45) is 0 Å². The van der Waals surface area contributed by atoms with Gasteiger partial charge >= 0.3 is 0 Å². The van der Waals surface area contributed by atoms with E-state index in [1.807, 2.05) is 38.1 Å². The zero-order valence-corrected chi connectivity index (χ0v) is 13.5. The minimum Gasteiger partial charge on any atom is -0.507 e. The molecule has 1 aliphatic heterocycles. The summed E-state index contributed by atoms with van der Waals surface area (Å²) in [5.41, 5.74) is 3.72. The molecule has 0 fully saturated rings. The predicted octanol–water partition coefficient (Wildman–Crippen LogP) is 4.11. The monoisotopic (exact) mass is 349 g/mol. The molecule has 0 spiro atoms. The minimum absolute atomic E-state index is 0.267. The summed E-state index contributed by atoms with van der Waals surface area (Å²) in [6.45, 7) is 4.68. The Hall–Kier alpha value is -1.88. The van der Waals surface area contributed by atoms with Gasteiger partial charge in [0.05, 0.1) is 0 Å². The number of aromatic hydroxyl groups is 1. The lowest BCUT2D eigenvalue weighted by molar-refractivity contribution is 0.174. The molecule has 21 heavy (non-hydrogen) atoms. The van der Waals surface area contributed by atoms with Crippen molar-refractivity contribution >= 4 is 21.6 Å². The van der Waals surface area contributed by atoms with Crippen molar-refractivity contribution in [3.8, 4) is 17.2 Å². The van der Waals surface area contributed by atoms with Crippen LogP contribution in [0, 0.1) is 13.8 Å². The molecule has 0 saturated heterocycles. The van der Waals surface area contributed by atoms with Gasteiger partial charge in [-0.25, -0.2) is 0 Å². The van der Waals surface area contributed by atoms with Crippen LogP contribution < -0.4 is 14.8 Å². The first kappa shape index (κ1) is 14.1. The number of hydrogen-bond acceptors (Lipinski definition) is 4. The molecule has 110 valence electrons. The molecule has 1 aliphatic rings. The lowest BCUT2D eigenvalue weighted by Gasteiger charge is -2.13. The molecular weight excluding hydrogens is 334 g/mol. The first-order valence-corrected chi connectivity index (χ1v) is 7.46. The number of benzene rings is 2. The van der Waals surface area contributed by atoms with Gasteiger partial charge in [0.15, 0.2) is 11.5 Å². The van der Waals surface area contributed by atoms with Crippen molar-refractivity contribution in [1.82, 2.24) is 0 Å². The normalized spacial score (nSPS) is 12.5. The molecule has 0 unspecified atom stereocenters. The van der Waals surface area contributed by atoms with Gasteiger partial charge in [0.25, 0.3) is 0 Å². The molecule has 3 rings (SSSR count). The van der Waals surface area contributed by atoms with Crippen molar-refractivity contribution in [3.63, 3.8) is 0 Å². The van der Waals surface area contributed by atoms with Crippen molar-refractivity contribution in [3.05, 3.63) is 45.4 Å². The van der Waals surface area contributed by atoms with Crippen LogP contribution in [-0.4, -0.2) is 11.9 Å². The lowest BCUT2D eigenvalue weighted by atomic mass is 10.1. The number of halogens is 1. The summed E-state index contributed by atoms with van der Waals surface area (Å²) < 4.78 is 11.7. The number of hydrogen-bond donors (Lipinski definition) is 2. The maximum Gasteiger partial charge on any atom is 0.231 e. The Kier molecular flexibility index (Phi) is 3.68. The van der Waals surface area contributed by atoms with Crippen LogP contribution in [0.15, 0.2) is 28.7 Å². The van der Waals surface area contributed by atoms with Gasteiger partial charge in [0, 0.05) is 22.3 Å². The summed E-state index contributed by atoms with van der Waals surface area (Å²) in [6.07, 6.45) is 0. The number of ether oxygens (including phenoxy) is 2. The van der Waals surface area contributed by atoms with Gasteiger partial charge < -0.3 is 19.9 Å². The lowest BCUT2D eigenvalue weighted by Crippen LogP contribution is -2.02. The highest BCUT2D eigenvalue weighted by Crippen LogP contribution is 2.37. The number of phenolic OH excluding ortho intramolecular Hbond substituents is 1. The van der Waals surface area contributed by atoms with E-state index in [4.69, 9.17) is 9.47 Å². The Balaban J connectivity index is 1.81. The molecule has 0 aliphatic carbocycles. The number of rotatable bonds is 3. The van der Waals surface area contributed by atoms with Crippen molar-refractivity contribution < 1.29 is 14.6 Å². The zero-order chi connectivity index (χ0) is 15.0. The summed E-state index contributed by atoms with van der Waals surface area (Å²) >= 11 is 3.54. The van der Waals surface area contributed by atoms with E-state index < -0.39 is 0 Å². The molecular formula is C16H16BrNO3. The van der Waals surface area contributed by atoms with Gasteiger partial charge in [0.1, 0.15) is 5.75 Å². The van der Waals surface area contributed by atoms with Gasteiger partial charge in [-0.05, 0) is 43.2 Å². The standard InChI is InChI=1S/C16H16BrNO3/c1-9-3-4-13(10(2)16(9)19)18-7-11-5-14-15(6-12(11)17)21-8-20-14/h3-6,18-19H,7-8H2,1-2H3. The maximum absolute atomic E-state index is 9.98. The van der Waals surface area contributed by atoms with Gasteiger partial charge in [-0.1, -0.05) is 22.0 Å². The first-order chi connectivity index (χ1) is 10.1. The third-order valence-electron chi connectivity index (χ3n) is 3.64. The molecule has 5 heteroatoms. The maximum atomic E-state index is 9.98. The SMILES string of the molecule is Cc1ccc(NCc2cc3c(cc2Br)OCO3)c(C)c1O. The van der Waals surface area contributed by atoms with E-state index >= 15 is 0 Å². The van der Waals surface area contributed by atoms with E-state index in [-0.39, 0.29) is 6.79 Å². The fourth-order valence-corrected chi connectivity index (χ4v) is 2.77. The average Bonchev–Trinajstić information content (AvgIpc) is 2.91. The van der Waals surface area contributed by atoms with Crippen molar-refractivity contribution in [2.45, 2.75) is 20.4 Å². The first-order valence-electron chi connectivity index (χ1n) is 6.67. The third-order valence-corrected chi connectivity index (χ3v) is 4.38. The predicted molar refractivity (Wildman–Crippen MR) is 85.2 cm³/mol. The number of phenols is 1. The van der Waals surface area contributed by atoms with E-state index in [9.17, 15) is 5.11 Å². The van der Waals surface area contributed by atoms with Gasteiger partial charge in [0.2, 0.25) is 6.79 Å². The third kappa shape index (κ3) is 2.65. The summed E-state index contributed by atoms with van der Waals surface area (Å²) in [5, 5.41) is 13.3. The molecule has 0 saturated carbocycles. The summed E-state index contributed by atoms with van der Waals surface area (Å²) in [4.78, 5) is 0. The highest BCUT2D eigenvalue weighted by molar-refractivity contribution is 9.10. The number of nitrogens with one attached hydrogen (secondary N) is 1. The molecule has 1 heterocycles. The summed E-state index contributed by atoms with van der Waals surface area (Å²) in [5.74, 6) is 1.86. The fraction of sp³-hybridized carbons (Fsp3) is 0.250. The summed E-state index contributed by atoms with van der Waals surface area (Å²) in [6, 6.07) is 7.76. The average molecular weight is 350 g/mol. The zero-order valence-electron chi connectivity index (χ0n) is 11.9. The second kappa shape index (κ2) is 5.48. The van der Waals surface area contributed by atoms with Gasteiger partial charge in [-0.3, -0.25) is 0 Å². The van der Waals surface area contributed by atoms with Crippen LogP contribution in [0.25, 0.3) is 0 Å². The number of anilines is 1. The second-order valence-electron chi connectivity index (χ2n) is 5.05. The highest BCUT2D eigenvalue weighted by atomic mass is 79.9. The van der Waals surface area contributed by atoms with E-state index in [0.717, 1.165) is 38.3 Å². The molecule has 4 nitrogen and oxygen atoms in total. The number of fused-ring (bicyclic) bond motifs is 1. The van der Waals surface area contributed by atoms with E-state index in [2.05, 4.69) is 21.2 Å². The Labute approximate surface area is 131 Å². The van der Waals surface area contributed by atoms with E-state index in [0.29, 0.717) is 12.3 Å². The van der Waals surface area contributed by atoms with Crippen molar-refractivity contribution in [2.75, 3.05) is 12.1 Å². The topological polar surface area (TPSA) is 50.7 Å². The molecule has 0 atom stereocenters. The summed E-state index contributed by atoms with van der Waals surface area (Å²) in [7, 11) is 0.